The molecule has 0 spiro atoms. The average molecular weight is 1370 g/mol. The van der Waals surface area contributed by atoms with Crippen LogP contribution >= 0.6 is 0 Å². The number of nitrogens with zero attached hydrogens (tertiary/aromatic N) is 12. The lowest BCUT2D eigenvalue weighted by molar-refractivity contribution is 1.19. The molecule has 14 aromatic carbocycles. The third-order valence-electron chi connectivity index (χ3n) is 19.3. The lowest BCUT2D eigenvalue weighted by atomic mass is 9.91. The molecule has 15 nitrogen and oxygen atoms in total. The summed E-state index contributed by atoms with van der Waals surface area (Å²) in [6.07, 6.45) is 0. The largest absolute Gasteiger partial charge is 0.268 e. The summed E-state index contributed by atoms with van der Waals surface area (Å²) in [5.41, 5.74) is 16.1. The first kappa shape index (κ1) is 65.8. The highest BCUT2D eigenvalue weighted by Gasteiger charge is 2.25. The van der Waals surface area contributed by atoms with Gasteiger partial charge in [0.15, 0.2) is 11.4 Å². The van der Waals surface area contributed by atoms with E-state index in [0.717, 1.165) is 81.9 Å². The molecule has 0 N–H and O–H groups in total. The number of rotatable bonds is 3. The van der Waals surface area contributed by atoms with E-state index in [1.54, 1.807) is 86.0 Å². The van der Waals surface area contributed by atoms with Crippen LogP contribution in [0.3, 0.4) is 0 Å². The van der Waals surface area contributed by atoms with Crippen LogP contribution in [0.4, 0.5) is 11.4 Å². The highest BCUT2D eigenvalue weighted by atomic mass is 16.1. The van der Waals surface area contributed by atoms with Crippen LogP contribution in [-0.4, -0.2) is 28.2 Å². The van der Waals surface area contributed by atoms with Crippen LogP contribution in [0.25, 0.3) is 158 Å². The van der Waals surface area contributed by atoms with Gasteiger partial charge in [-0.1, -0.05) is 193 Å². The van der Waals surface area contributed by atoms with E-state index in [0.29, 0.717) is 99.8 Å². The van der Waals surface area contributed by atoms with E-state index >= 15 is 0 Å². The molecule has 0 saturated carbocycles. The molecule has 0 atom stereocenters. The fraction of sp³-hybridized carbons (Fsp3) is 0.0217. The van der Waals surface area contributed by atoms with Crippen LogP contribution < -0.4 is 16.7 Å². The van der Waals surface area contributed by atoms with Gasteiger partial charge in [-0.15, -0.1) is 0 Å². The van der Waals surface area contributed by atoms with Gasteiger partial charge in [-0.25, -0.2) is 24.6 Å². The fourth-order valence-corrected chi connectivity index (χ4v) is 14.4. The van der Waals surface area contributed by atoms with Crippen molar-refractivity contribution in [3.05, 3.63) is 366 Å². The van der Waals surface area contributed by atoms with Crippen molar-refractivity contribution in [2.75, 3.05) is 0 Å². The van der Waals surface area contributed by atoms with Crippen molar-refractivity contribution in [1.29, 1.82) is 21.0 Å². The fourth-order valence-electron chi connectivity index (χ4n) is 14.4. The van der Waals surface area contributed by atoms with Gasteiger partial charge < -0.3 is 0 Å². The topological polar surface area (TPSA) is 207 Å². The molecule has 0 aliphatic carbocycles. The monoisotopic (exact) mass is 1370 g/mol. The van der Waals surface area contributed by atoms with Gasteiger partial charge >= 0.3 is 0 Å². The molecule has 6 aromatic heterocycles. The minimum atomic E-state index is -0.202. The van der Waals surface area contributed by atoms with Crippen LogP contribution in [0, 0.1) is 72.3 Å². The number of imidazole rings is 3. The number of aryl methyl sites for hydroxylation is 2. The van der Waals surface area contributed by atoms with Gasteiger partial charge in [0.25, 0.3) is 16.7 Å². The molecule has 15 heteroatoms. The summed E-state index contributed by atoms with van der Waals surface area (Å²) < 4.78 is 4.76. The quantitative estimate of drug-likeness (QED) is 0.153. The van der Waals surface area contributed by atoms with E-state index < -0.39 is 0 Å². The molecular weight excluding hydrogens is 1320 g/mol. The standard InChI is InChI=1S/3C26H12N4O.2C7H8/c2*1-28-17-8-12-21-22(13-17)30-25(29-21)19-9-7-16(14-27)23-18(15-5-3-2-4-6-15)10-11-20(24(19)23)26(30)31;27-13-15-6-11-22-21(12-15)29-25-19-8-7-17(14-28)23-18(16-4-2-1-3-5-16)9-10-20(24(19)23)26(31)30(22)25;2*1-7-5-3-2-4-6-7/h2*2-13H;1-12H;2*2-6H,1H3. The number of hydrogen-bond acceptors (Lipinski definition) is 10. The summed E-state index contributed by atoms with van der Waals surface area (Å²) in [5, 5.41) is 47.3. The Balaban J connectivity index is 0.000000112. The second-order valence-corrected chi connectivity index (χ2v) is 25.6. The Morgan fingerprint density at radius 3 is 0.935 bits per heavy atom. The van der Waals surface area contributed by atoms with Gasteiger partial charge in [0.05, 0.1) is 92.8 Å². The number of nitriles is 4. The maximum Gasteiger partial charge on any atom is 0.264 e. The van der Waals surface area contributed by atoms with Crippen LogP contribution in [0.15, 0.2) is 293 Å². The minimum absolute atomic E-state index is 0.186. The summed E-state index contributed by atoms with van der Waals surface area (Å²) in [5.74, 6) is 0. The summed E-state index contributed by atoms with van der Waals surface area (Å²) in [6, 6.07) is 96.7. The number of benzene rings is 14. The lowest BCUT2D eigenvalue weighted by Crippen LogP contribution is -2.13. The maximum absolute atomic E-state index is 13.6. The summed E-state index contributed by atoms with van der Waals surface area (Å²) in [7, 11) is 0. The number of pyridine rings is 3. The molecule has 0 aliphatic rings. The van der Waals surface area contributed by atoms with E-state index in [-0.39, 0.29) is 16.7 Å². The Hall–Kier alpha value is -15.8. The second-order valence-electron chi connectivity index (χ2n) is 25.6. The average Bonchev–Trinajstić information content (AvgIpc) is 1.67. The van der Waals surface area contributed by atoms with Crippen LogP contribution in [0.5, 0.6) is 0 Å². The molecule has 0 fully saturated rings. The van der Waals surface area contributed by atoms with Gasteiger partial charge in [0.1, 0.15) is 16.9 Å². The zero-order valence-electron chi connectivity index (χ0n) is 57.1. The zero-order valence-corrected chi connectivity index (χ0v) is 57.1. The Morgan fingerprint density at radius 2 is 0.626 bits per heavy atom. The van der Waals surface area contributed by atoms with Gasteiger partial charge in [-0.3, -0.25) is 27.6 Å². The molecule has 0 unspecified atom stereocenters. The van der Waals surface area contributed by atoms with E-state index in [2.05, 4.69) is 72.1 Å². The van der Waals surface area contributed by atoms with Gasteiger partial charge in [0, 0.05) is 64.6 Å². The van der Waals surface area contributed by atoms with Crippen LogP contribution in [0.2, 0.25) is 0 Å². The van der Waals surface area contributed by atoms with Crippen molar-refractivity contribution in [1.82, 2.24) is 28.2 Å². The molecule has 0 aliphatic heterocycles. The first-order valence-corrected chi connectivity index (χ1v) is 34.0. The smallest absolute Gasteiger partial charge is 0.264 e. The van der Waals surface area contributed by atoms with Crippen molar-refractivity contribution in [3.8, 4) is 57.7 Å². The van der Waals surface area contributed by atoms with Crippen molar-refractivity contribution in [2.24, 2.45) is 0 Å². The SMILES string of the molecule is Cc1ccccc1.Cc1ccccc1.N#Cc1ccc2c(c1)nc1c3ccc(C#N)c4c(-c5ccccc5)ccc(c(=O)n21)c43.[C-]#[N+]c1ccc2nc3c4ccc(C#N)c5c(-c6ccccc6)ccc(c(=O)n3c2c1)c54.[C-]#[N+]c1ccc2nc3c4ccc(C#N)c5c(-c6ccccc6)ccc(c(=O)n3c2c1)c54. The molecule has 20 rings (SSSR count). The van der Waals surface area contributed by atoms with Crippen molar-refractivity contribution in [2.45, 2.75) is 13.8 Å². The van der Waals surface area contributed by atoms with Crippen molar-refractivity contribution in [3.63, 3.8) is 0 Å². The number of aromatic nitrogens is 6. The summed E-state index contributed by atoms with van der Waals surface area (Å²) in [6.45, 7) is 18.8. The first-order valence-electron chi connectivity index (χ1n) is 34.0. The summed E-state index contributed by atoms with van der Waals surface area (Å²) >= 11 is 0. The molecule has 0 amide bonds. The predicted molar refractivity (Wildman–Crippen MR) is 426 cm³/mol. The molecular formula is C92H52N12O3. The molecule has 107 heavy (non-hydrogen) atoms. The second kappa shape index (κ2) is 27.3. The molecule has 498 valence electrons. The highest BCUT2D eigenvalue weighted by molar-refractivity contribution is 6.23. The predicted octanol–water partition coefficient (Wildman–Crippen LogP) is 20.4. The normalized spacial score (nSPS) is 11.0. The van der Waals surface area contributed by atoms with E-state index in [4.69, 9.17) is 28.1 Å². The third-order valence-corrected chi connectivity index (χ3v) is 19.3. The molecule has 6 heterocycles. The Bertz CT molecular complexity index is 7010. The molecule has 0 saturated heterocycles. The van der Waals surface area contributed by atoms with Crippen molar-refractivity contribution < 1.29 is 0 Å². The van der Waals surface area contributed by atoms with Crippen molar-refractivity contribution >= 4 is 126 Å². The van der Waals surface area contributed by atoms with Crippen LogP contribution in [-0.2, 0) is 0 Å². The number of fused-ring (bicyclic) bond motifs is 12. The number of hydrogen-bond donors (Lipinski definition) is 0. The van der Waals surface area contributed by atoms with E-state index in [9.17, 15) is 35.4 Å². The zero-order chi connectivity index (χ0) is 73.6. The molecule has 0 radical (unpaired) electrons. The molecule has 20 aromatic rings. The third kappa shape index (κ3) is 11.3. The van der Waals surface area contributed by atoms with E-state index in [1.165, 1.54) is 11.1 Å². The maximum atomic E-state index is 13.6. The Morgan fingerprint density at radius 1 is 0.308 bits per heavy atom. The van der Waals surface area contributed by atoms with Gasteiger partial charge in [-0.05, 0) is 144 Å². The first-order chi connectivity index (χ1) is 52.4. The summed E-state index contributed by atoms with van der Waals surface area (Å²) in [4.78, 5) is 61.8. The highest BCUT2D eigenvalue weighted by Crippen LogP contribution is 2.42. The molecule has 0 bridgehead atoms. The lowest BCUT2D eigenvalue weighted by Gasteiger charge is -2.13. The Kier molecular flexibility index (Phi) is 16.8. The minimum Gasteiger partial charge on any atom is -0.268 e. The van der Waals surface area contributed by atoms with Crippen LogP contribution in [0.1, 0.15) is 33.4 Å². The van der Waals surface area contributed by atoms with Gasteiger partial charge in [0.2, 0.25) is 0 Å². The van der Waals surface area contributed by atoms with E-state index in [1.807, 2.05) is 182 Å². The Labute approximate surface area is 609 Å². The van der Waals surface area contributed by atoms with Gasteiger partial charge in [-0.2, -0.15) is 21.0 Å².